The zero-order valence-electron chi connectivity index (χ0n) is 21.5. The van der Waals surface area contributed by atoms with Crippen LogP contribution in [-0.4, -0.2) is 56.7 Å². The van der Waals surface area contributed by atoms with E-state index >= 15 is 0 Å². The van der Waals surface area contributed by atoms with Gasteiger partial charge in [-0.3, -0.25) is 14.5 Å². The van der Waals surface area contributed by atoms with Gasteiger partial charge in [-0.25, -0.2) is 4.79 Å². The predicted molar refractivity (Wildman–Crippen MR) is 150 cm³/mol. The SMILES string of the molecule is NCc1cc(CO)ccc1C(=O)N[C@H]1C(=O)N2C(C(=O)OC(c3ccccc3)c3ccccc3)=C(CO)CS[C@H]12. The highest BCUT2D eigenvalue weighted by molar-refractivity contribution is 8.00. The molecule has 2 amide bonds. The second kappa shape index (κ2) is 12.1. The van der Waals surface area contributed by atoms with Gasteiger partial charge in [0, 0.05) is 17.9 Å². The van der Waals surface area contributed by atoms with E-state index in [0.29, 0.717) is 28.0 Å². The summed E-state index contributed by atoms with van der Waals surface area (Å²) >= 11 is 1.35. The van der Waals surface area contributed by atoms with Crippen LogP contribution >= 0.6 is 11.8 Å². The number of carbonyl (C=O) groups is 3. The second-order valence-corrected chi connectivity index (χ2v) is 10.5. The first kappa shape index (κ1) is 27.6. The Morgan fingerprint density at radius 3 is 2.23 bits per heavy atom. The number of thioether (sulfide) groups is 1. The van der Waals surface area contributed by atoms with Crippen molar-refractivity contribution >= 4 is 29.5 Å². The molecule has 0 radical (unpaired) electrons. The highest BCUT2D eigenvalue weighted by atomic mass is 32.2. The number of hydrogen-bond acceptors (Lipinski definition) is 8. The fourth-order valence-corrected chi connectivity index (χ4v) is 6.23. The fraction of sp³-hybridized carbons (Fsp3) is 0.233. The normalized spacial score (nSPS) is 18.3. The van der Waals surface area contributed by atoms with Crippen LogP contribution in [0.15, 0.2) is 90.1 Å². The van der Waals surface area contributed by atoms with Crippen molar-refractivity contribution in [2.45, 2.75) is 30.7 Å². The first-order valence-electron chi connectivity index (χ1n) is 12.8. The molecule has 40 heavy (non-hydrogen) atoms. The maximum absolute atomic E-state index is 13.6. The minimum atomic E-state index is -0.872. The number of hydrogen-bond donors (Lipinski definition) is 4. The maximum Gasteiger partial charge on any atom is 0.356 e. The molecule has 0 spiro atoms. The fourth-order valence-electron chi connectivity index (χ4n) is 4.90. The molecule has 9 nitrogen and oxygen atoms in total. The zero-order valence-corrected chi connectivity index (χ0v) is 22.3. The van der Waals surface area contributed by atoms with E-state index in [9.17, 15) is 24.6 Å². The molecule has 3 aromatic rings. The number of nitrogens with zero attached hydrogens (tertiary/aromatic N) is 1. The lowest BCUT2D eigenvalue weighted by atomic mass is 9.99. The number of ether oxygens (including phenoxy) is 1. The van der Waals surface area contributed by atoms with Crippen molar-refractivity contribution in [2.24, 2.45) is 5.73 Å². The minimum absolute atomic E-state index is 0.00792. The third kappa shape index (κ3) is 5.26. The molecular formula is C30H29N3O6S. The topological polar surface area (TPSA) is 142 Å². The van der Waals surface area contributed by atoms with Crippen LogP contribution in [0, 0.1) is 0 Å². The Kier molecular flexibility index (Phi) is 8.32. The van der Waals surface area contributed by atoms with E-state index in [4.69, 9.17) is 10.5 Å². The van der Waals surface area contributed by atoms with Gasteiger partial charge in [-0.05, 0) is 33.9 Å². The molecule has 5 rings (SSSR count). The third-order valence-electron chi connectivity index (χ3n) is 6.96. The second-order valence-electron chi connectivity index (χ2n) is 9.43. The van der Waals surface area contributed by atoms with Gasteiger partial charge in [-0.2, -0.15) is 0 Å². The average molecular weight is 560 g/mol. The summed E-state index contributed by atoms with van der Waals surface area (Å²) in [6.45, 7) is -0.511. The van der Waals surface area contributed by atoms with E-state index in [1.807, 2.05) is 60.7 Å². The standard InChI is InChI=1S/C30H29N3O6S/c31-14-21-13-18(15-34)11-12-23(21)27(36)32-24-28(37)33-25(22(16-35)17-40-29(24)33)30(38)39-26(19-7-3-1-4-8-19)20-9-5-2-6-10-20/h1-13,24,26,29,34-35H,14-17,31H2,(H,32,36)/t24-,29+/m0/s1. The number of aliphatic hydroxyl groups is 2. The van der Waals surface area contributed by atoms with E-state index in [2.05, 4.69) is 5.32 Å². The third-order valence-corrected chi connectivity index (χ3v) is 8.30. The smallest absolute Gasteiger partial charge is 0.356 e. The lowest BCUT2D eigenvalue weighted by Gasteiger charge is -2.49. The van der Waals surface area contributed by atoms with E-state index in [1.54, 1.807) is 18.2 Å². The molecule has 0 saturated carbocycles. The summed E-state index contributed by atoms with van der Waals surface area (Å²) in [5.41, 5.74) is 9.20. The van der Waals surface area contributed by atoms with Gasteiger partial charge in [0.2, 0.25) is 0 Å². The molecule has 206 valence electrons. The summed E-state index contributed by atoms with van der Waals surface area (Å²) in [5.74, 6) is -1.38. The minimum Gasteiger partial charge on any atom is -0.448 e. The molecule has 2 heterocycles. The Balaban J connectivity index is 1.37. The first-order chi connectivity index (χ1) is 19.5. The van der Waals surface area contributed by atoms with Crippen molar-refractivity contribution in [3.63, 3.8) is 0 Å². The zero-order chi connectivity index (χ0) is 28.2. The van der Waals surface area contributed by atoms with Gasteiger partial charge >= 0.3 is 5.97 Å². The molecule has 5 N–H and O–H groups in total. The molecule has 0 unspecified atom stereocenters. The van der Waals surface area contributed by atoms with Crippen molar-refractivity contribution in [1.29, 1.82) is 0 Å². The number of β-lactam (4-membered cyclic amide) rings is 1. The molecule has 1 fully saturated rings. The molecule has 2 aliphatic rings. The number of benzene rings is 3. The number of fused-ring (bicyclic) bond motifs is 1. The number of rotatable bonds is 9. The van der Waals surface area contributed by atoms with E-state index < -0.39 is 41.9 Å². The lowest BCUT2D eigenvalue weighted by molar-refractivity contribution is -0.153. The number of nitrogens with two attached hydrogens (primary N) is 1. The molecule has 2 atom stereocenters. The Hall–Kier alpha value is -3.96. The lowest BCUT2D eigenvalue weighted by Crippen LogP contribution is -2.70. The molecule has 1 saturated heterocycles. The Morgan fingerprint density at radius 1 is 1.00 bits per heavy atom. The number of amides is 2. The number of nitrogens with one attached hydrogen (secondary N) is 1. The highest BCUT2D eigenvalue weighted by Crippen LogP contribution is 2.41. The van der Waals surface area contributed by atoms with Crippen molar-refractivity contribution in [3.05, 3.63) is 118 Å². The first-order valence-corrected chi connectivity index (χ1v) is 13.8. The van der Waals surface area contributed by atoms with Crippen molar-refractivity contribution in [2.75, 3.05) is 12.4 Å². The Morgan fingerprint density at radius 2 is 1.65 bits per heavy atom. The van der Waals surface area contributed by atoms with Crippen molar-refractivity contribution in [1.82, 2.24) is 10.2 Å². The summed E-state index contributed by atoms with van der Waals surface area (Å²) in [4.78, 5) is 41.4. The van der Waals surface area contributed by atoms with Gasteiger partial charge in [-0.1, -0.05) is 72.8 Å². The summed E-state index contributed by atoms with van der Waals surface area (Å²) in [6.07, 6.45) is -0.723. The van der Waals surface area contributed by atoms with Crippen molar-refractivity contribution in [3.8, 4) is 0 Å². The summed E-state index contributed by atoms with van der Waals surface area (Å²) < 4.78 is 6.00. The quantitative estimate of drug-likeness (QED) is 0.231. The predicted octanol–water partition coefficient (Wildman–Crippen LogP) is 2.23. The van der Waals surface area contributed by atoms with Crippen LogP contribution in [0.4, 0.5) is 0 Å². The Labute approximate surface area is 235 Å². The van der Waals surface area contributed by atoms with E-state index in [-0.39, 0.29) is 18.8 Å². The molecule has 3 aromatic carbocycles. The summed E-state index contributed by atoms with van der Waals surface area (Å²) in [7, 11) is 0. The van der Waals surface area contributed by atoms with Crippen LogP contribution in [0.5, 0.6) is 0 Å². The van der Waals surface area contributed by atoms with Gasteiger partial charge < -0.3 is 26.0 Å². The monoisotopic (exact) mass is 559 g/mol. The number of aliphatic hydroxyl groups excluding tert-OH is 2. The van der Waals surface area contributed by atoms with Crippen molar-refractivity contribution < 1.29 is 29.3 Å². The average Bonchev–Trinajstić information content (AvgIpc) is 3.01. The number of esters is 1. The van der Waals surface area contributed by atoms with Crippen LogP contribution < -0.4 is 11.1 Å². The van der Waals surface area contributed by atoms with Crippen LogP contribution in [0.25, 0.3) is 0 Å². The molecular weight excluding hydrogens is 530 g/mol. The molecule has 0 aromatic heterocycles. The van der Waals surface area contributed by atoms with Gasteiger partial charge in [0.15, 0.2) is 6.10 Å². The Bertz CT molecular complexity index is 1410. The van der Waals surface area contributed by atoms with Crippen LogP contribution in [-0.2, 0) is 27.5 Å². The van der Waals surface area contributed by atoms with Gasteiger partial charge in [0.25, 0.3) is 11.8 Å². The maximum atomic E-state index is 13.6. The van der Waals surface area contributed by atoms with E-state index in [0.717, 1.165) is 11.1 Å². The molecule has 10 heteroatoms. The van der Waals surface area contributed by atoms with Crippen LogP contribution in [0.1, 0.15) is 38.7 Å². The van der Waals surface area contributed by atoms with Gasteiger partial charge in [-0.15, -0.1) is 11.8 Å². The van der Waals surface area contributed by atoms with Gasteiger partial charge in [0.1, 0.15) is 17.1 Å². The largest absolute Gasteiger partial charge is 0.448 e. The van der Waals surface area contributed by atoms with E-state index in [1.165, 1.54) is 16.7 Å². The number of carbonyl (C=O) groups excluding carboxylic acids is 3. The van der Waals surface area contributed by atoms with Crippen LogP contribution in [0.3, 0.4) is 0 Å². The highest BCUT2D eigenvalue weighted by Gasteiger charge is 2.54. The summed E-state index contributed by atoms with van der Waals surface area (Å²) in [5, 5.41) is 21.7. The molecule has 0 aliphatic carbocycles. The summed E-state index contributed by atoms with van der Waals surface area (Å²) in [6, 6.07) is 22.5. The molecule has 2 aliphatic heterocycles. The van der Waals surface area contributed by atoms with Gasteiger partial charge in [0.05, 0.1) is 13.2 Å². The molecule has 0 bridgehead atoms. The van der Waals surface area contributed by atoms with Crippen LogP contribution in [0.2, 0.25) is 0 Å².